The predicted molar refractivity (Wildman–Crippen MR) is 386 cm³/mol. The highest BCUT2D eigenvalue weighted by Gasteiger charge is 2.30. The monoisotopic (exact) mass is 1400 g/mol. The van der Waals surface area contributed by atoms with Crippen LogP contribution >= 0.6 is 15.6 Å². The summed E-state index contributed by atoms with van der Waals surface area (Å²) in [6, 6.07) is 0. The molecule has 0 aromatic carbocycles. The van der Waals surface area contributed by atoms with Crippen LogP contribution in [0.1, 0.15) is 383 Å². The molecule has 17 nitrogen and oxygen atoms in total. The number of rotatable bonds is 73. The van der Waals surface area contributed by atoms with Crippen molar-refractivity contribution in [2.24, 2.45) is 23.7 Å². The Labute approximate surface area is 581 Å². The van der Waals surface area contributed by atoms with Crippen LogP contribution in [0, 0.1) is 23.7 Å². The van der Waals surface area contributed by atoms with Crippen LogP contribution in [0.4, 0.5) is 0 Å². The van der Waals surface area contributed by atoms with Gasteiger partial charge in [0, 0.05) is 25.7 Å². The Morgan fingerprint density at radius 2 is 0.505 bits per heavy atom. The Kier molecular flexibility index (Phi) is 64.0. The van der Waals surface area contributed by atoms with Crippen molar-refractivity contribution in [2.75, 3.05) is 39.6 Å². The molecule has 0 saturated heterocycles. The van der Waals surface area contributed by atoms with Gasteiger partial charge in [0.2, 0.25) is 0 Å². The largest absolute Gasteiger partial charge is 0.472 e. The molecule has 564 valence electrons. The van der Waals surface area contributed by atoms with Gasteiger partial charge < -0.3 is 33.8 Å². The summed E-state index contributed by atoms with van der Waals surface area (Å²) in [6.45, 7) is 14.1. The topological polar surface area (TPSA) is 237 Å². The van der Waals surface area contributed by atoms with Crippen LogP contribution in [0.15, 0.2) is 0 Å². The number of unbranched alkanes of at least 4 members (excludes halogenated alkanes) is 38. The molecule has 0 rings (SSSR count). The van der Waals surface area contributed by atoms with Gasteiger partial charge in [-0.3, -0.25) is 37.3 Å². The fourth-order valence-corrected chi connectivity index (χ4v) is 13.1. The van der Waals surface area contributed by atoms with Crippen LogP contribution in [0.2, 0.25) is 0 Å². The zero-order valence-electron chi connectivity index (χ0n) is 62.3. The molecular formula is C76H148O17P2. The molecule has 0 fully saturated rings. The summed E-state index contributed by atoms with van der Waals surface area (Å²) < 4.78 is 68.4. The van der Waals surface area contributed by atoms with E-state index >= 15 is 0 Å². The summed E-state index contributed by atoms with van der Waals surface area (Å²) in [5.74, 6) is 0.873. The molecule has 0 aromatic rings. The lowest BCUT2D eigenvalue weighted by Gasteiger charge is -2.21. The van der Waals surface area contributed by atoms with E-state index in [1.54, 1.807) is 0 Å². The lowest BCUT2D eigenvalue weighted by molar-refractivity contribution is -0.161. The maximum Gasteiger partial charge on any atom is 0.472 e. The first-order valence-electron chi connectivity index (χ1n) is 39.2. The average molecular weight is 1400 g/mol. The molecule has 0 aliphatic rings. The molecular weight excluding hydrogens is 1250 g/mol. The summed E-state index contributed by atoms with van der Waals surface area (Å²) in [5, 5.41) is 10.6. The number of ether oxygens (including phenoxy) is 4. The zero-order valence-corrected chi connectivity index (χ0v) is 64.1. The van der Waals surface area contributed by atoms with Crippen LogP contribution in [-0.4, -0.2) is 96.7 Å². The van der Waals surface area contributed by atoms with E-state index in [1.807, 2.05) is 0 Å². The van der Waals surface area contributed by atoms with E-state index in [-0.39, 0.29) is 25.7 Å². The summed E-state index contributed by atoms with van der Waals surface area (Å²) in [7, 11) is -9.91. The average Bonchev–Trinajstić information content (AvgIpc) is 2.07. The van der Waals surface area contributed by atoms with Crippen LogP contribution < -0.4 is 0 Å². The maximum atomic E-state index is 13.1. The van der Waals surface area contributed by atoms with Crippen molar-refractivity contribution in [2.45, 2.75) is 401 Å². The number of aliphatic hydroxyl groups is 1. The number of carbonyl (C=O) groups is 4. The Morgan fingerprint density at radius 3 is 0.747 bits per heavy atom. The Hall–Kier alpha value is -1.94. The van der Waals surface area contributed by atoms with Crippen LogP contribution in [-0.2, 0) is 65.4 Å². The first kappa shape index (κ1) is 93.1. The Bertz CT molecular complexity index is 1870. The van der Waals surface area contributed by atoms with E-state index < -0.39 is 97.5 Å². The van der Waals surface area contributed by atoms with Gasteiger partial charge in [-0.25, -0.2) is 9.13 Å². The fourth-order valence-electron chi connectivity index (χ4n) is 11.5. The number of phosphoric ester groups is 2. The number of hydrogen-bond donors (Lipinski definition) is 3. The first-order chi connectivity index (χ1) is 45.6. The van der Waals surface area contributed by atoms with E-state index in [1.165, 1.54) is 180 Å². The van der Waals surface area contributed by atoms with Crippen molar-refractivity contribution < 1.29 is 80.2 Å². The minimum absolute atomic E-state index is 0.101. The molecule has 0 saturated carbocycles. The van der Waals surface area contributed by atoms with E-state index in [9.17, 15) is 43.2 Å². The molecule has 0 aromatic heterocycles. The summed E-state index contributed by atoms with van der Waals surface area (Å²) in [4.78, 5) is 72.7. The van der Waals surface area contributed by atoms with Crippen molar-refractivity contribution in [3.63, 3.8) is 0 Å². The molecule has 0 radical (unpaired) electrons. The molecule has 0 bridgehead atoms. The number of aliphatic hydroxyl groups excluding tert-OH is 1. The SMILES string of the molecule is CCC(C)CCCCCCCCC(=O)OC[C@H](COP(=O)(O)OC[C@H](O)COP(=O)(O)OC[C@@H](COC(=O)CCCCCCCCCCCCCCCCCCCCC(C)C)OC(=O)CCCCCCCCCCCCCCC(C)C)OC(=O)CCCCCCCCC(C)C. The second-order valence-electron chi connectivity index (χ2n) is 29.1. The third-order valence-corrected chi connectivity index (χ3v) is 19.8. The highest BCUT2D eigenvalue weighted by Crippen LogP contribution is 2.45. The normalized spacial score (nSPS) is 14.4. The van der Waals surface area contributed by atoms with Gasteiger partial charge >= 0.3 is 39.5 Å². The number of carbonyl (C=O) groups excluding carboxylic acids is 4. The van der Waals surface area contributed by atoms with Crippen molar-refractivity contribution in [3.8, 4) is 0 Å². The van der Waals surface area contributed by atoms with Crippen LogP contribution in [0.25, 0.3) is 0 Å². The number of esters is 4. The Morgan fingerprint density at radius 1 is 0.295 bits per heavy atom. The van der Waals surface area contributed by atoms with Gasteiger partial charge in [0.1, 0.15) is 19.3 Å². The van der Waals surface area contributed by atoms with Gasteiger partial charge in [0.05, 0.1) is 26.4 Å². The first-order valence-corrected chi connectivity index (χ1v) is 42.2. The van der Waals surface area contributed by atoms with Crippen LogP contribution in [0.5, 0.6) is 0 Å². The van der Waals surface area contributed by atoms with Gasteiger partial charge in [-0.15, -0.1) is 0 Å². The number of hydrogen-bond acceptors (Lipinski definition) is 15. The highest BCUT2D eigenvalue weighted by molar-refractivity contribution is 7.47. The smallest absolute Gasteiger partial charge is 0.462 e. The van der Waals surface area contributed by atoms with Crippen molar-refractivity contribution in [3.05, 3.63) is 0 Å². The highest BCUT2D eigenvalue weighted by atomic mass is 31.2. The fraction of sp³-hybridized carbons (Fsp3) is 0.947. The van der Waals surface area contributed by atoms with Crippen molar-refractivity contribution >= 4 is 39.5 Å². The molecule has 0 amide bonds. The zero-order chi connectivity index (χ0) is 70.3. The van der Waals surface area contributed by atoms with Crippen molar-refractivity contribution in [1.82, 2.24) is 0 Å². The molecule has 95 heavy (non-hydrogen) atoms. The van der Waals surface area contributed by atoms with E-state index in [2.05, 4.69) is 55.4 Å². The molecule has 0 aliphatic heterocycles. The lowest BCUT2D eigenvalue weighted by atomic mass is 10.00. The predicted octanol–water partition coefficient (Wildman–Crippen LogP) is 22.0. The minimum atomic E-state index is -4.96. The van der Waals surface area contributed by atoms with Crippen LogP contribution in [0.3, 0.4) is 0 Å². The standard InChI is InChI=1S/C76H148O17P2/c1-9-69(8)55-47-39-33-35-41-49-57-74(79)87-63-72(93-76(81)59-51-43-34-32-38-46-54-68(6)7)65-91-95(84,85)89-61-70(77)60-88-94(82,83)90-64-71(92-75(80)58-50-42-31-27-23-19-18-21-25-29-37-45-53-67(4)5)62-86-73(78)56-48-40-30-26-22-17-15-13-11-10-12-14-16-20-24-28-36-44-52-66(2)3/h66-72,77H,9-65H2,1-8H3,(H,82,83)(H,84,85)/t69?,70-,71-,72-/m1/s1. The summed E-state index contributed by atoms with van der Waals surface area (Å²) >= 11 is 0. The van der Waals surface area contributed by atoms with Crippen molar-refractivity contribution in [1.29, 1.82) is 0 Å². The number of phosphoric acid groups is 2. The molecule has 0 heterocycles. The summed E-state index contributed by atoms with van der Waals surface area (Å²) in [5.41, 5.74) is 0. The second kappa shape index (κ2) is 65.4. The quantitative estimate of drug-likeness (QED) is 0.0222. The summed E-state index contributed by atoms with van der Waals surface area (Å²) in [6.07, 6.45) is 50.3. The lowest BCUT2D eigenvalue weighted by Crippen LogP contribution is -2.30. The van der Waals surface area contributed by atoms with Gasteiger partial charge in [0.15, 0.2) is 12.2 Å². The minimum Gasteiger partial charge on any atom is -0.462 e. The molecule has 19 heteroatoms. The molecule has 0 aliphatic carbocycles. The molecule has 0 spiro atoms. The van der Waals surface area contributed by atoms with E-state index in [0.717, 1.165) is 114 Å². The van der Waals surface area contributed by atoms with Gasteiger partial charge in [-0.1, -0.05) is 331 Å². The van der Waals surface area contributed by atoms with Gasteiger partial charge in [-0.05, 0) is 49.4 Å². The van der Waals surface area contributed by atoms with Gasteiger partial charge in [-0.2, -0.15) is 0 Å². The maximum absolute atomic E-state index is 13.1. The third kappa shape index (κ3) is 69.0. The second-order valence-corrected chi connectivity index (χ2v) is 32.0. The Balaban J connectivity index is 5.17. The van der Waals surface area contributed by atoms with Gasteiger partial charge in [0.25, 0.3) is 0 Å². The molecule has 6 atom stereocenters. The third-order valence-electron chi connectivity index (χ3n) is 17.9. The van der Waals surface area contributed by atoms with E-state index in [4.69, 9.17) is 37.0 Å². The van der Waals surface area contributed by atoms with E-state index in [0.29, 0.717) is 31.6 Å². The molecule has 3 unspecified atom stereocenters. The molecule has 3 N–H and O–H groups in total.